The molecule has 54 heavy (non-hydrogen) atoms. The molecule has 0 bridgehead atoms. The number of anilines is 2. The molecule has 1 aliphatic heterocycles. The number of amides is 2. The number of aliphatic hydroxyl groups is 2. The lowest BCUT2D eigenvalue weighted by Gasteiger charge is -2.22. The number of benzene rings is 2. The van der Waals surface area contributed by atoms with E-state index in [0.717, 1.165) is 28.8 Å². The third kappa shape index (κ3) is 7.32. The van der Waals surface area contributed by atoms with Gasteiger partial charge in [-0.25, -0.2) is 9.78 Å². The molecule has 0 radical (unpaired) electrons. The zero-order valence-corrected chi connectivity index (χ0v) is 30.0. The van der Waals surface area contributed by atoms with Crippen molar-refractivity contribution < 1.29 is 15.0 Å². The van der Waals surface area contributed by atoms with E-state index in [9.17, 15) is 15.0 Å². The summed E-state index contributed by atoms with van der Waals surface area (Å²) in [6.07, 6.45) is 6.39. The van der Waals surface area contributed by atoms with Crippen LogP contribution in [0.1, 0.15) is 60.2 Å². The van der Waals surface area contributed by atoms with E-state index in [4.69, 9.17) is 15.0 Å². The number of nitrogens with one attached hydrogen (secondary N) is 3. The molecule has 8 rings (SSSR count). The van der Waals surface area contributed by atoms with Gasteiger partial charge in [-0.2, -0.15) is 25.0 Å². The van der Waals surface area contributed by atoms with Crippen LogP contribution >= 0.6 is 0 Å². The summed E-state index contributed by atoms with van der Waals surface area (Å²) in [5.74, 6) is 1.06. The third-order valence-corrected chi connectivity index (χ3v) is 10.5. The van der Waals surface area contributed by atoms with Crippen LogP contribution in [0.15, 0.2) is 97.7 Å². The van der Waals surface area contributed by atoms with Crippen molar-refractivity contribution in [1.29, 1.82) is 0 Å². The van der Waals surface area contributed by atoms with Gasteiger partial charge in [-0.15, -0.1) is 0 Å². The van der Waals surface area contributed by atoms with Gasteiger partial charge in [-0.3, -0.25) is 4.98 Å². The molecule has 5 heterocycles. The fourth-order valence-electron chi connectivity index (χ4n) is 7.51. The summed E-state index contributed by atoms with van der Waals surface area (Å²) < 4.78 is 1.84. The number of aromatic nitrogens is 8. The first-order valence-corrected chi connectivity index (χ1v) is 18.5. The first-order valence-electron chi connectivity index (χ1n) is 18.5. The number of pyridine rings is 1. The lowest BCUT2D eigenvalue weighted by atomic mass is 9.91. The standard InChI is InChI=1S/C39H44N12O3/c1-2-28-21-44-51(48-28)32-18-31(34(52)35(32)53)50-24-43-33-36(41-22-30(26-11-5-3-6-12-26)27-13-7-4-8-14-27)46-38(47-37(33)50)49-17-15-29(23-49)45-39(54)42-20-25-10-9-16-40-19-25/h3-14,16,19,21,24,29-32,34-35,52-53H,2,15,17-18,20,22-23H2,1H3,(H,41,46,47)(H2,42,45,54)/t29-,31-,32+,34+,35-/m1/s1. The first kappa shape index (κ1) is 35.1. The number of imidazole rings is 1. The second-order valence-electron chi connectivity index (χ2n) is 13.9. The molecule has 0 unspecified atom stereocenters. The molecule has 1 saturated heterocycles. The number of hydrogen-bond donors (Lipinski definition) is 5. The SMILES string of the molecule is CCc1cnn([C@H]2C[C@@H](n3cnc4c(NCC(c5ccccc5)c5ccccc5)nc(N5CC[C@@H](NC(=O)NCc6cccnc6)C5)nc43)[C@H](O)[C@@H]2O)n1. The summed E-state index contributed by atoms with van der Waals surface area (Å²) in [6.45, 7) is 4.04. The van der Waals surface area contributed by atoms with Gasteiger partial charge in [0.25, 0.3) is 0 Å². The second kappa shape index (κ2) is 15.6. The topological polar surface area (TPSA) is 184 Å². The van der Waals surface area contributed by atoms with Gasteiger partial charge in [0.05, 0.1) is 24.3 Å². The van der Waals surface area contributed by atoms with E-state index in [0.29, 0.717) is 62.0 Å². The Hall–Kier alpha value is -5.93. The zero-order chi connectivity index (χ0) is 37.0. The molecule has 2 aliphatic rings. The van der Waals surface area contributed by atoms with Crippen LogP contribution in [0.3, 0.4) is 0 Å². The monoisotopic (exact) mass is 728 g/mol. The van der Waals surface area contributed by atoms with E-state index in [1.165, 1.54) is 4.80 Å². The summed E-state index contributed by atoms with van der Waals surface area (Å²) in [5.41, 5.74) is 5.14. The van der Waals surface area contributed by atoms with Gasteiger partial charge in [0.2, 0.25) is 5.95 Å². The Morgan fingerprint density at radius 1 is 0.944 bits per heavy atom. The highest BCUT2D eigenvalue weighted by Crippen LogP contribution is 2.40. The Morgan fingerprint density at radius 2 is 1.70 bits per heavy atom. The number of aryl methyl sites for hydroxylation is 1. The van der Waals surface area contributed by atoms with Crippen molar-refractivity contribution in [2.75, 3.05) is 29.9 Å². The predicted octanol–water partition coefficient (Wildman–Crippen LogP) is 3.61. The average molecular weight is 729 g/mol. The minimum Gasteiger partial charge on any atom is -0.388 e. The molecule has 5 N–H and O–H groups in total. The molecule has 278 valence electrons. The smallest absolute Gasteiger partial charge is 0.315 e. The average Bonchev–Trinajstić information content (AvgIpc) is 4.03. The van der Waals surface area contributed by atoms with Crippen molar-refractivity contribution >= 4 is 29.0 Å². The maximum absolute atomic E-state index is 12.8. The Labute approximate surface area is 312 Å². The Kier molecular flexibility index (Phi) is 10.1. The quantitative estimate of drug-likeness (QED) is 0.124. The number of fused-ring (bicyclic) bond motifs is 1. The number of urea groups is 1. The van der Waals surface area contributed by atoms with Crippen LogP contribution in [0.25, 0.3) is 11.2 Å². The Balaban J connectivity index is 1.08. The van der Waals surface area contributed by atoms with E-state index in [1.807, 2.05) is 60.0 Å². The number of hydrogen-bond acceptors (Lipinski definition) is 11. The van der Waals surface area contributed by atoms with Crippen molar-refractivity contribution in [3.05, 3.63) is 120 Å². The van der Waals surface area contributed by atoms with Gasteiger partial charge in [0, 0.05) is 50.5 Å². The highest BCUT2D eigenvalue weighted by molar-refractivity contribution is 5.84. The van der Waals surface area contributed by atoms with Crippen LogP contribution in [-0.2, 0) is 13.0 Å². The Bertz CT molecular complexity index is 2120. The number of aliphatic hydroxyl groups excluding tert-OH is 2. The second-order valence-corrected chi connectivity index (χ2v) is 13.9. The first-order chi connectivity index (χ1) is 26.4. The van der Waals surface area contributed by atoms with E-state index in [2.05, 4.69) is 60.3 Å². The van der Waals surface area contributed by atoms with Crippen molar-refractivity contribution in [2.45, 2.75) is 69.0 Å². The van der Waals surface area contributed by atoms with Crippen LogP contribution in [0.2, 0.25) is 0 Å². The largest absolute Gasteiger partial charge is 0.388 e. The molecule has 2 aromatic carbocycles. The summed E-state index contributed by atoms with van der Waals surface area (Å²) in [4.78, 5) is 35.4. The number of carbonyl (C=O) groups is 1. The normalized spacial score (nSPS) is 21.2. The third-order valence-electron chi connectivity index (χ3n) is 10.5. The van der Waals surface area contributed by atoms with Crippen LogP contribution in [0.5, 0.6) is 0 Å². The lowest BCUT2D eigenvalue weighted by molar-refractivity contribution is 0.00497. The van der Waals surface area contributed by atoms with E-state index in [1.54, 1.807) is 24.9 Å². The predicted molar refractivity (Wildman–Crippen MR) is 203 cm³/mol. The van der Waals surface area contributed by atoms with Crippen LogP contribution in [-0.4, -0.2) is 93.6 Å². The highest BCUT2D eigenvalue weighted by atomic mass is 16.3. The molecule has 0 spiro atoms. The van der Waals surface area contributed by atoms with Crippen molar-refractivity contribution in [1.82, 2.24) is 50.1 Å². The summed E-state index contributed by atoms with van der Waals surface area (Å²) in [5, 5.41) is 41.2. The minimum absolute atomic E-state index is 0.0237. The fourth-order valence-corrected chi connectivity index (χ4v) is 7.51. The van der Waals surface area contributed by atoms with Crippen molar-refractivity contribution in [3.8, 4) is 0 Å². The van der Waals surface area contributed by atoms with E-state index >= 15 is 0 Å². The molecular formula is C39H44N12O3. The molecule has 1 saturated carbocycles. The van der Waals surface area contributed by atoms with Gasteiger partial charge in [0.1, 0.15) is 18.2 Å². The fraction of sp³-hybridized carbons (Fsp3) is 0.359. The van der Waals surface area contributed by atoms with Crippen LogP contribution in [0, 0.1) is 0 Å². The minimum atomic E-state index is -1.11. The van der Waals surface area contributed by atoms with Crippen LogP contribution < -0.4 is 20.9 Å². The summed E-state index contributed by atoms with van der Waals surface area (Å²) in [6, 6.07) is 23.0. The molecular weight excluding hydrogens is 685 g/mol. The molecule has 15 nitrogen and oxygen atoms in total. The molecule has 6 aromatic rings. The van der Waals surface area contributed by atoms with Crippen molar-refractivity contribution in [3.63, 3.8) is 0 Å². The van der Waals surface area contributed by atoms with Crippen LogP contribution in [0.4, 0.5) is 16.6 Å². The van der Waals surface area contributed by atoms with Gasteiger partial charge < -0.3 is 35.6 Å². The van der Waals surface area contributed by atoms with E-state index < -0.39 is 24.3 Å². The maximum Gasteiger partial charge on any atom is 0.315 e. The maximum atomic E-state index is 12.8. The molecule has 2 fully saturated rings. The summed E-state index contributed by atoms with van der Waals surface area (Å²) in [7, 11) is 0. The van der Waals surface area contributed by atoms with Crippen molar-refractivity contribution in [2.24, 2.45) is 0 Å². The molecule has 2 amide bonds. The van der Waals surface area contributed by atoms with Gasteiger partial charge in [0.15, 0.2) is 17.0 Å². The van der Waals surface area contributed by atoms with E-state index in [-0.39, 0.29) is 18.0 Å². The van der Waals surface area contributed by atoms with Gasteiger partial charge >= 0.3 is 6.03 Å². The summed E-state index contributed by atoms with van der Waals surface area (Å²) >= 11 is 0. The zero-order valence-electron chi connectivity index (χ0n) is 30.0. The molecule has 15 heteroatoms. The van der Waals surface area contributed by atoms with Gasteiger partial charge in [-0.1, -0.05) is 73.7 Å². The highest BCUT2D eigenvalue weighted by Gasteiger charge is 2.45. The molecule has 4 aromatic heterocycles. The Morgan fingerprint density at radius 3 is 2.41 bits per heavy atom. The lowest BCUT2D eigenvalue weighted by Crippen LogP contribution is -2.43. The molecule has 1 aliphatic carbocycles. The number of carbonyl (C=O) groups excluding carboxylic acids is 1. The number of rotatable bonds is 12. The van der Waals surface area contributed by atoms with Gasteiger partial charge in [-0.05, 0) is 42.0 Å². The molecule has 5 atom stereocenters. The number of nitrogens with zero attached hydrogens (tertiary/aromatic N) is 9.